The molecule has 0 spiro atoms. The zero-order valence-corrected chi connectivity index (χ0v) is 14.4. The van der Waals surface area contributed by atoms with Crippen LogP contribution in [0.4, 0.5) is 4.79 Å². The first-order chi connectivity index (χ1) is 10.4. The van der Waals surface area contributed by atoms with E-state index in [2.05, 4.69) is 42.7 Å². The second kappa shape index (κ2) is 7.38. The highest BCUT2D eigenvalue weighted by Crippen LogP contribution is 2.26. The number of hydrogen-bond acceptors (Lipinski definition) is 3. The van der Waals surface area contributed by atoms with Crippen LogP contribution in [0.5, 0.6) is 0 Å². The van der Waals surface area contributed by atoms with Crippen LogP contribution in [0.1, 0.15) is 30.0 Å². The molecule has 3 N–H and O–H groups in total. The molecule has 1 fully saturated rings. The third kappa shape index (κ3) is 4.92. The highest BCUT2D eigenvalue weighted by molar-refractivity contribution is 7.99. The number of thioether (sulfide) groups is 1. The number of nitrogens with one attached hydrogen (secondary N) is 2. The summed E-state index contributed by atoms with van der Waals surface area (Å²) >= 11 is 1.73. The Morgan fingerprint density at radius 2 is 2.23 bits per heavy atom. The first-order valence-electron chi connectivity index (χ1n) is 7.79. The van der Waals surface area contributed by atoms with Gasteiger partial charge in [-0.15, -0.1) is 0 Å². The molecule has 5 heteroatoms. The normalized spacial score (nSPS) is 22.4. The fourth-order valence-electron chi connectivity index (χ4n) is 2.71. The SMILES string of the molecule is Cc1ccc(CC(C)NC(=O)NCC2(O)CCSC2)c(C)c1. The molecule has 0 saturated carbocycles. The predicted octanol–water partition coefficient (Wildman–Crippen LogP) is 2.40. The highest BCUT2D eigenvalue weighted by atomic mass is 32.2. The minimum Gasteiger partial charge on any atom is -0.387 e. The van der Waals surface area contributed by atoms with Crippen LogP contribution in [0.25, 0.3) is 0 Å². The fraction of sp³-hybridized carbons (Fsp3) is 0.588. The summed E-state index contributed by atoms with van der Waals surface area (Å²) in [5.41, 5.74) is 3.02. The minimum absolute atomic E-state index is 0.0500. The molecule has 122 valence electrons. The molecular formula is C17H26N2O2S. The van der Waals surface area contributed by atoms with Gasteiger partial charge in [-0.2, -0.15) is 11.8 Å². The van der Waals surface area contributed by atoms with E-state index in [9.17, 15) is 9.90 Å². The molecule has 1 heterocycles. The summed E-state index contributed by atoms with van der Waals surface area (Å²) in [5.74, 6) is 1.66. The van der Waals surface area contributed by atoms with Crippen molar-refractivity contribution >= 4 is 17.8 Å². The van der Waals surface area contributed by atoms with Gasteiger partial charge in [-0.25, -0.2) is 4.79 Å². The van der Waals surface area contributed by atoms with Crippen LogP contribution >= 0.6 is 11.8 Å². The average molecular weight is 322 g/mol. The van der Waals surface area contributed by atoms with Crippen molar-refractivity contribution in [3.8, 4) is 0 Å². The molecule has 0 radical (unpaired) electrons. The summed E-state index contributed by atoms with van der Waals surface area (Å²) in [6, 6.07) is 6.23. The molecular weight excluding hydrogens is 296 g/mol. The van der Waals surface area contributed by atoms with Crippen molar-refractivity contribution in [2.75, 3.05) is 18.1 Å². The van der Waals surface area contributed by atoms with Crippen LogP contribution in [0, 0.1) is 13.8 Å². The lowest BCUT2D eigenvalue weighted by Crippen LogP contribution is -2.48. The Hall–Kier alpha value is -1.20. The Morgan fingerprint density at radius 3 is 2.86 bits per heavy atom. The number of hydrogen-bond donors (Lipinski definition) is 3. The summed E-state index contributed by atoms with van der Waals surface area (Å²) in [7, 11) is 0. The zero-order valence-electron chi connectivity index (χ0n) is 13.6. The molecule has 1 aliphatic heterocycles. The van der Waals surface area contributed by atoms with Gasteiger partial charge in [-0.05, 0) is 50.5 Å². The molecule has 2 unspecified atom stereocenters. The molecule has 22 heavy (non-hydrogen) atoms. The third-order valence-corrected chi connectivity index (χ3v) is 5.30. The quantitative estimate of drug-likeness (QED) is 0.780. The van der Waals surface area contributed by atoms with Crippen molar-refractivity contribution in [2.45, 2.75) is 45.3 Å². The molecule has 1 saturated heterocycles. The maximum absolute atomic E-state index is 11.9. The number of rotatable bonds is 5. The van der Waals surface area contributed by atoms with Crippen molar-refractivity contribution in [3.05, 3.63) is 34.9 Å². The van der Waals surface area contributed by atoms with Crippen LogP contribution in [-0.2, 0) is 6.42 Å². The molecule has 0 bridgehead atoms. The molecule has 1 aliphatic rings. The summed E-state index contributed by atoms with van der Waals surface area (Å²) in [6.07, 6.45) is 1.55. The van der Waals surface area contributed by atoms with E-state index in [-0.39, 0.29) is 12.1 Å². The molecule has 2 atom stereocenters. The number of carbonyl (C=O) groups excluding carboxylic acids is 1. The van der Waals surface area contributed by atoms with Gasteiger partial charge >= 0.3 is 6.03 Å². The molecule has 2 amide bonds. The molecule has 0 aromatic heterocycles. The lowest BCUT2D eigenvalue weighted by atomic mass is 10.00. The standard InChI is InChI=1S/C17H26N2O2S/c1-12-4-5-15(13(2)8-12)9-14(3)19-16(20)18-10-17(21)6-7-22-11-17/h4-5,8,14,21H,6-7,9-11H2,1-3H3,(H2,18,19,20). The van der Waals surface area contributed by atoms with E-state index in [4.69, 9.17) is 0 Å². The summed E-state index contributed by atoms with van der Waals surface area (Å²) in [5, 5.41) is 15.9. The number of aryl methyl sites for hydroxylation is 2. The maximum atomic E-state index is 11.9. The molecule has 1 aromatic carbocycles. The van der Waals surface area contributed by atoms with Crippen molar-refractivity contribution in [2.24, 2.45) is 0 Å². The van der Waals surface area contributed by atoms with Gasteiger partial charge in [0.25, 0.3) is 0 Å². The minimum atomic E-state index is -0.737. The first-order valence-corrected chi connectivity index (χ1v) is 8.94. The predicted molar refractivity (Wildman–Crippen MR) is 92.5 cm³/mol. The second-order valence-electron chi connectivity index (χ2n) is 6.39. The first kappa shape index (κ1) is 17.2. The molecule has 1 aromatic rings. The lowest BCUT2D eigenvalue weighted by molar-refractivity contribution is 0.0699. The Bertz CT molecular complexity index is 527. The Labute approximate surface area is 137 Å². The topological polar surface area (TPSA) is 61.4 Å². The van der Waals surface area contributed by atoms with Gasteiger partial charge in [0.15, 0.2) is 0 Å². The summed E-state index contributed by atoms with van der Waals surface area (Å²) < 4.78 is 0. The van der Waals surface area contributed by atoms with E-state index in [1.807, 2.05) is 6.92 Å². The van der Waals surface area contributed by atoms with Crippen LogP contribution in [0.15, 0.2) is 18.2 Å². The number of benzene rings is 1. The zero-order chi connectivity index (χ0) is 16.2. The second-order valence-corrected chi connectivity index (χ2v) is 7.49. The van der Waals surface area contributed by atoms with E-state index < -0.39 is 5.60 Å². The number of aliphatic hydroxyl groups is 1. The van der Waals surface area contributed by atoms with Gasteiger partial charge in [-0.1, -0.05) is 23.8 Å². The third-order valence-electron chi connectivity index (χ3n) is 4.06. The van der Waals surface area contributed by atoms with Crippen molar-refractivity contribution in [1.29, 1.82) is 0 Å². The Kier molecular flexibility index (Phi) is 5.75. The van der Waals surface area contributed by atoms with Crippen molar-refractivity contribution in [1.82, 2.24) is 10.6 Å². The fourth-order valence-corrected chi connectivity index (χ4v) is 4.01. The van der Waals surface area contributed by atoms with Gasteiger partial charge in [0.05, 0.1) is 5.60 Å². The van der Waals surface area contributed by atoms with Crippen LogP contribution < -0.4 is 10.6 Å². The van der Waals surface area contributed by atoms with E-state index in [0.29, 0.717) is 12.3 Å². The van der Waals surface area contributed by atoms with Gasteiger partial charge in [0, 0.05) is 18.3 Å². The van der Waals surface area contributed by atoms with Crippen molar-refractivity contribution < 1.29 is 9.90 Å². The van der Waals surface area contributed by atoms with Gasteiger partial charge in [-0.3, -0.25) is 0 Å². The summed E-state index contributed by atoms with van der Waals surface area (Å²) in [4.78, 5) is 11.9. The van der Waals surface area contributed by atoms with Gasteiger partial charge in [0.2, 0.25) is 0 Å². The number of carbonyl (C=O) groups is 1. The molecule has 0 aliphatic carbocycles. The van der Waals surface area contributed by atoms with Gasteiger partial charge in [0.1, 0.15) is 0 Å². The Balaban J connectivity index is 1.78. The summed E-state index contributed by atoms with van der Waals surface area (Å²) in [6.45, 7) is 6.50. The smallest absolute Gasteiger partial charge is 0.315 e. The van der Waals surface area contributed by atoms with Gasteiger partial charge < -0.3 is 15.7 Å². The molecule has 2 rings (SSSR count). The lowest BCUT2D eigenvalue weighted by Gasteiger charge is -2.23. The molecule has 4 nitrogen and oxygen atoms in total. The largest absolute Gasteiger partial charge is 0.387 e. The van der Waals surface area contributed by atoms with E-state index in [1.165, 1.54) is 16.7 Å². The average Bonchev–Trinajstić information content (AvgIpc) is 2.87. The maximum Gasteiger partial charge on any atom is 0.315 e. The Morgan fingerprint density at radius 1 is 1.45 bits per heavy atom. The van der Waals surface area contributed by atoms with E-state index >= 15 is 0 Å². The van der Waals surface area contributed by atoms with Crippen LogP contribution in [0.2, 0.25) is 0 Å². The highest BCUT2D eigenvalue weighted by Gasteiger charge is 2.32. The number of urea groups is 1. The monoisotopic (exact) mass is 322 g/mol. The van der Waals surface area contributed by atoms with Crippen LogP contribution in [-0.4, -0.2) is 40.8 Å². The number of amides is 2. The van der Waals surface area contributed by atoms with Crippen LogP contribution in [0.3, 0.4) is 0 Å². The van der Waals surface area contributed by atoms with E-state index in [0.717, 1.165) is 18.6 Å². The van der Waals surface area contributed by atoms with E-state index in [1.54, 1.807) is 11.8 Å². The van der Waals surface area contributed by atoms with Crippen molar-refractivity contribution in [3.63, 3.8) is 0 Å².